The van der Waals surface area contributed by atoms with Gasteiger partial charge in [0.15, 0.2) is 0 Å². The third-order valence-electron chi connectivity index (χ3n) is 0.298. The molecule has 0 saturated heterocycles. The first-order valence-electron chi connectivity index (χ1n) is 1.65. The van der Waals surface area contributed by atoms with Crippen LogP contribution in [-0.4, -0.2) is 17.9 Å². The summed E-state index contributed by atoms with van der Waals surface area (Å²) in [5.74, 6) is 0. The minimum atomic E-state index is -1.03. The Labute approximate surface area is 42.6 Å². The number of rotatable bonds is 3. The van der Waals surface area contributed by atoms with Crippen LogP contribution in [0.25, 0.3) is 0 Å². The van der Waals surface area contributed by atoms with Crippen LogP contribution >= 0.6 is 8.69 Å². The SMILES string of the molecule is NC(O)COP=O. The predicted octanol–water partition coefficient (Wildman–Crippen LogP) is -0.513. The Morgan fingerprint density at radius 2 is 2.57 bits per heavy atom. The van der Waals surface area contributed by atoms with Gasteiger partial charge in [-0.05, 0) is 0 Å². The highest BCUT2D eigenvalue weighted by Crippen LogP contribution is 1.91. The summed E-state index contributed by atoms with van der Waals surface area (Å²) in [5.41, 5.74) is 4.77. The topological polar surface area (TPSA) is 72.6 Å². The molecule has 0 aliphatic carbocycles. The third-order valence-corrected chi connectivity index (χ3v) is 0.552. The van der Waals surface area contributed by atoms with Crippen LogP contribution in [0, 0.1) is 0 Å². The van der Waals surface area contributed by atoms with E-state index in [-0.39, 0.29) is 6.61 Å². The molecule has 0 bridgehead atoms. The highest BCUT2D eigenvalue weighted by Gasteiger charge is 1.91. The molecule has 0 spiro atoms. The van der Waals surface area contributed by atoms with Gasteiger partial charge in [0.25, 0.3) is 0 Å². The van der Waals surface area contributed by atoms with Gasteiger partial charge in [-0.1, -0.05) is 0 Å². The quantitative estimate of drug-likeness (QED) is 0.391. The molecule has 0 aliphatic rings. The lowest BCUT2D eigenvalue weighted by atomic mass is 10.7. The number of nitrogens with two attached hydrogens (primary N) is 1. The van der Waals surface area contributed by atoms with Crippen LogP contribution in [0.3, 0.4) is 0 Å². The lowest BCUT2D eigenvalue weighted by Gasteiger charge is -1.95. The molecule has 42 valence electrons. The first-order chi connectivity index (χ1) is 3.27. The highest BCUT2D eigenvalue weighted by atomic mass is 31.1. The summed E-state index contributed by atoms with van der Waals surface area (Å²) in [5, 5.41) is 8.19. The molecule has 7 heavy (non-hydrogen) atoms. The van der Waals surface area contributed by atoms with Crippen LogP contribution < -0.4 is 5.73 Å². The van der Waals surface area contributed by atoms with E-state index in [9.17, 15) is 4.57 Å². The average molecular weight is 123 g/mol. The van der Waals surface area contributed by atoms with E-state index >= 15 is 0 Å². The largest absolute Gasteiger partial charge is 0.376 e. The summed E-state index contributed by atoms with van der Waals surface area (Å²) in [6, 6.07) is 0. The Balaban J connectivity index is 2.81. The standard InChI is InChI=1S/C2H6NO3P/c3-2(4)1-6-7-5/h2,4H,1,3H2. The van der Waals surface area contributed by atoms with Gasteiger partial charge in [-0.15, -0.1) is 0 Å². The Morgan fingerprint density at radius 1 is 2.00 bits per heavy atom. The van der Waals surface area contributed by atoms with Gasteiger partial charge >= 0.3 is 8.69 Å². The van der Waals surface area contributed by atoms with Crippen molar-refractivity contribution in [2.75, 3.05) is 6.61 Å². The van der Waals surface area contributed by atoms with E-state index in [2.05, 4.69) is 4.52 Å². The van der Waals surface area contributed by atoms with E-state index in [1.54, 1.807) is 0 Å². The Bertz CT molecular complexity index is 56.9. The van der Waals surface area contributed by atoms with Crippen molar-refractivity contribution >= 4 is 8.69 Å². The first kappa shape index (κ1) is 6.98. The van der Waals surface area contributed by atoms with Crippen LogP contribution in [-0.2, 0) is 9.09 Å². The van der Waals surface area contributed by atoms with E-state index in [4.69, 9.17) is 10.8 Å². The zero-order valence-electron chi connectivity index (χ0n) is 3.57. The predicted molar refractivity (Wildman–Crippen MR) is 23.8 cm³/mol. The van der Waals surface area contributed by atoms with E-state index in [0.717, 1.165) is 0 Å². The molecule has 0 aromatic heterocycles. The summed E-state index contributed by atoms with van der Waals surface area (Å²) in [6.45, 7) is -0.0922. The molecular weight excluding hydrogens is 117 g/mol. The maximum atomic E-state index is 9.42. The summed E-state index contributed by atoms with van der Waals surface area (Å²) in [7, 11) is -0.450. The monoisotopic (exact) mass is 123 g/mol. The van der Waals surface area contributed by atoms with Gasteiger partial charge in [-0.2, -0.15) is 0 Å². The fraction of sp³-hybridized carbons (Fsp3) is 1.00. The smallest absolute Gasteiger partial charge is 0.327 e. The molecule has 1 atom stereocenters. The van der Waals surface area contributed by atoms with Crippen LogP contribution in [0.4, 0.5) is 0 Å². The van der Waals surface area contributed by atoms with Gasteiger partial charge in [-0.3, -0.25) is 4.52 Å². The van der Waals surface area contributed by atoms with Crippen molar-refractivity contribution in [3.63, 3.8) is 0 Å². The molecule has 0 amide bonds. The highest BCUT2D eigenvalue weighted by molar-refractivity contribution is 7.17. The molecule has 1 unspecified atom stereocenters. The first-order valence-corrected chi connectivity index (χ1v) is 2.38. The molecule has 4 nitrogen and oxygen atoms in total. The van der Waals surface area contributed by atoms with Gasteiger partial charge in [-0.25, -0.2) is 4.57 Å². The van der Waals surface area contributed by atoms with Crippen molar-refractivity contribution in [3.05, 3.63) is 0 Å². The van der Waals surface area contributed by atoms with Crippen LogP contribution in [0.15, 0.2) is 0 Å². The zero-order chi connectivity index (χ0) is 5.70. The van der Waals surface area contributed by atoms with Crippen LogP contribution in [0.1, 0.15) is 0 Å². The maximum absolute atomic E-state index is 9.42. The van der Waals surface area contributed by atoms with Crippen molar-refractivity contribution in [1.29, 1.82) is 0 Å². The van der Waals surface area contributed by atoms with E-state index in [1.807, 2.05) is 0 Å². The van der Waals surface area contributed by atoms with Gasteiger partial charge in [0.1, 0.15) is 6.23 Å². The second-order valence-electron chi connectivity index (χ2n) is 0.938. The fourth-order valence-electron chi connectivity index (χ4n) is 0.107. The summed E-state index contributed by atoms with van der Waals surface area (Å²) in [4.78, 5) is 0. The zero-order valence-corrected chi connectivity index (χ0v) is 4.47. The minimum absolute atomic E-state index is 0.0922. The molecule has 0 aromatic rings. The average Bonchev–Trinajstić information content (AvgIpc) is 1.61. The van der Waals surface area contributed by atoms with Gasteiger partial charge in [0, 0.05) is 0 Å². The second-order valence-corrected chi connectivity index (χ2v) is 1.34. The molecule has 5 heteroatoms. The molecule has 0 aromatic carbocycles. The molecule has 0 rings (SSSR count). The van der Waals surface area contributed by atoms with Gasteiger partial charge in [0.2, 0.25) is 0 Å². The Kier molecular flexibility index (Phi) is 4.14. The molecule has 0 aliphatic heterocycles. The maximum Gasteiger partial charge on any atom is 0.327 e. The van der Waals surface area contributed by atoms with E-state index in [0.29, 0.717) is 0 Å². The van der Waals surface area contributed by atoms with Gasteiger partial charge < -0.3 is 10.8 Å². The van der Waals surface area contributed by atoms with Crippen molar-refractivity contribution in [2.45, 2.75) is 6.23 Å². The van der Waals surface area contributed by atoms with E-state index < -0.39 is 14.9 Å². The molecule has 3 N–H and O–H groups in total. The Hall–Kier alpha value is -0.0200. The number of aliphatic hydroxyl groups excluding tert-OH is 1. The molecule has 0 radical (unpaired) electrons. The molecule has 0 heterocycles. The fourth-order valence-corrected chi connectivity index (χ4v) is 0.320. The van der Waals surface area contributed by atoms with E-state index in [1.165, 1.54) is 0 Å². The third kappa shape index (κ3) is 5.98. The van der Waals surface area contributed by atoms with Crippen LogP contribution in [0.2, 0.25) is 0 Å². The second kappa shape index (κ2) is 4.15. The number of hydrogen-bond donors (Lipinski definition) is 2. The Morgan fingerprint density at radius 3 is 2.71 bits per heavy atom. The van der Waals surface area contributed by atoms with Crippen molar-refractivity contribution in [2.24, 2.45) is 5.73 Å². The normalized spacial score (nSPS) is 14.6. The number of aliphatic hydroxyl groups is 1. The van der Waals surface area contributed by atoms with Crippen LogP contribution in [0.5, 0.6) is 0 Å². The molecule has 0 fully saturated rings. The van der Waals surface area contributed by atoms with Crippen molar-refractivity contribution in [3.8, 4) is 0 Å². The lowest BCUT2D eigenvalue weighted by Crippen LogP contribution is -2.23. The molecular formula is C2H6NO3P. The summed E-state index contributed by atoms with van der Waals surface area (Å²) < 4.78 is 13.6. The molecule has 0 saturated carbocycles. The van der Waals surface area contributed by atoms with Crippen molar-refractivity contribution in [1.82, 2.24) is 0 Å². The van der Waals surface area contributed by atoms with Crippen molar-refractivity contribution < 1.29 is 14.2 Å². The summed E-state index contributed by atoms with van der Waals surface area (Å²) in [6.07, 6.45) is -1.03. The minimum Gasteiger partial charge on any atom is -0.376 e. The number of hydrogen-bond acceptors (Lipinski definition) is 4. The lowest BCUT2D eigenvalue weighted by molar-refractivity contribution is 0.120. The summed E-state index contributed by atoms with van der Waals surface area (Å²) >= 11 is 0. The van der Waals surface area contributed by atoms with Gasteiger partial charge in [0.05, 0.1) is 6.61 Å².